The van der Waals surface area contributed by atoms with E-state index in [2.05, 4.69) is 22.4 Å². The molecule has 1 aromatic heterocycles. The maximum absolute atomic E-state index is 14.0. The summed E-state index contributed by atoms with van der Waals surface area (Å²) in [5.74, 6) is 0.00442. The van der Waals surface area contributed by atoms with E-state index in [1.807, 2.05) is 21.9 Å². The third kappa shape index (κ3) is 3.62. The molecule has 0 saturated carbocycles. The molecule has 0 unspecified atom stereocenters. The van der Waals surface area contributed by atoms with E-state index in [1.54, 1.807) is 17.4 Å². The van der Waals surface area contributed by atoms with Gasteiger partial charge in [-0.2, -0.15) is 0 Å². The number of para-hydroxylation sites is 1. The van der Waals surface area contributed by atoms with Gasteiger partial charge in [0.1, 0.15) is 5.82 Å². The van der Waals surface area contributed by atoms with Crippen LogP contribution in [0.15, 0.2) is 41.8 Å². The molecule has 1 atom stereocenters. The van der Waals surface area contributed by atoms with Crippen molar-refractivity contribution in [1.29, 1.82) is 0 Å². The third-order valence-electron chi connectivity index (χ3n) is 5.40. The van der Waals surface area contributed by atoms with Gasteiger partial charge in [0.2, 0.25) is 5.91 Å². The number of thiophene rings is 1. The molecule has 1 aromatic carbocycles. The van der Waals surface area contributed by atoms with Crippen molar-refractivity contribution in [3.8, 4) is 0 Å². The van der Waals surface area contributed by atoms with Crippen molar-refractivity contribution in [3.05, 3.63) is 52.5 Å². The van der Waals surface area contributed by atoms with Crippen molar-refractivity contribution in [2.75, 3.05) is 44.2 Å². The maximum atomic E-state index is 14.0. The highest BCUT2D eigenvalue weighted by molar-refractivity contribution is 7.10. The van der Waals surface area contributed by atoms with Gasteiger partial charge in [0, 0.05) is 37.1 Å². The molecule has 2 saturated heterocycles. The van der Waals surface area contributed by atoms with E-state index in [-0.39, 0.29) is 11.7 Å². The van der Waals surface area contributed by atoms with E-state index in [1.165, 1.54) is 10.9 Å². The molecule has 2 fully saturated rings. The minimum atomic E-state index is -0.192. The zero-order chi connectivity index (χ0) is 17.9. The Bertz CT molecular complexity index is 743. The highest BCUT2D eigenvalue weighted by Crippen LogP contribution is 2.34. The first-order valence-electron chi connectivity index (χ1n) is 9.27. The minimum Gasteiger partial charge on any atom is -0.366 e. The molecule has 0 aliphatic carbocycles. The Morgan fingerprint density at radius 1 is 1.08 bits per heavy atom. The van der Waals surface area contributed by atoms with Crippen LogP contribution < -0.4 is 4.90 Å². The van der Waals surface area contributed by atoms with Crippen LogP contribution in [-0.2, 0) is 4.79 Å². The van der Waals surface area contributed by atoms with E-state index in [4.69, 9.17) is 0 Å². The second kappa shape index (κ2) is 7.76. The number of rotatable bonds is 4. The summed E-state index contributed by atoms with van der Waals surface area (Å²) >= 11 is 1.78. The van der Waals surface area contributed by atoms with Gasteiger partial charge in [-0.1, -0.05) is 18.2 Å². The van der Waals surface area contributed by atoms with Crippen molar-refractivity contribution in [1.82, 2.24) is 9.80 Å². The molecule has 2 aromatic rings. The summed E-state index contributed by atoms with van der Waals surface area (Å²) in [5.41, 5.74) is 0.636. The molecule has 138 valence electrons. The van der Waals surface area contributed by atoms with Gasteiger partial charge in [-0.3, -0.25) is 9.69 Å². The van der Waals surface area contributed by atoms with Gasteiger partial charge in [0.25, 0.3) is 0 Å². The van der Waals surface area contributed by atoms with Gasteiger partial charge < -0.3 is 9.80 Å². The normalized spacial score (nSPS) is 21.3. The van der Waals surface area contributed by atoms with Crippen LogP contribution in [0.25, 0.3) is 0 Å². The number of carbonyl (C=O) groups excluding carboxylic acids is 1. The van der Waals surface area contributed by atoms with Crippen molar-refractivity contribution < 1.29 is 9.18 Å². The second-order valence-corrected chi connectivity index (χ2v) is 7.94. The lowest BCUT2D eigenvalue weighted by molar-refractivity contribution is -0.133. The average molecular weight is 373 g/mol. The van der Waals surface area contributed by atoms with Crippen molar-refractivity contribution in [2.24, 2.45) is 0 Å². The van der Waals surface area contributed by atoms with Crippen LogP contribution in [0.2, 0.25) is 0 Å². The molecule has 0 bridgehead atoms. The fourth-order valence-corrected chi connectivity index (χ4v) is 4.89. The summed E-state index contributed by atoms with van der Waals surface area (Å²) in [6.07, 6.45) is 2.28. The maximum Gasteiger partial charge on any atom is 0.236 e. The molecule has 26 heavy (non-hydrogen) atoms. The molecular weight excluding hydrogens is 349 g/mol. The Morgan fingerprint density at radius 2 is 1.88 bits per heavy atom. The number of hydrogen-bond acceptors (Lipinski definition) is 4. The lowest BCUT2D eigenvalue weighted by Gasteiger charge is -2.37. The Hall–Kier alpha value is -1.92. The topological polar surface area (TPSA) is 26.8 Å². The van der Waals surface area contributed by atoms with E-state index < -0.39 is 0 Å². The molecule has 6 heteroatoms. The predicted molar refractivity (Wildman–Crippen MR) is 103 cm³/mol. The highest BCUT2D eigenvalue weighted by Gasteiger charge is 2.30. The van der Waals surface area contributed by atoms with E-state index in [0.717, 1.165) is 19.4 Å². The summed E-state index contributed by atoms with van der Waals surface area (Å²) < 4.78 is 14.0. The zero-order valence-corrected chi connectivity index (χ0v) is 15.6. The zero-order valence-electron chi connectivity index (χ0n) is 14.8. The van der Waals surface area contributed by atoms with Gasteiger partial charge >= 0.3 is 0 Å². The van der Waals surface area contributed by atoms with Crippen molar-refractivity contribution in [2.45, 2.75) is 18.9 Å². The average Bonchev–Trinajstić information content (AvgIpc) is 3.33. The van der Waals surface area contributed by atoms with E-state index in [0.29, 0.717) is 44.5 Å². The SMILES string of the molecule is O=C(CN1CCC[C@H]1c1cccs1)N1CCN(c2ccccc2F)CC1. The first-order chi connectivity index (χ1) is 12.7. The number of likely N-dealkylation sites (tertiary alicyclic amines) is 1. The molecule has 3 heterocycles. The van der Waals surface area contributed by atoms with Crippen LogP contribution in [0.1, 0.15) is 23.8 Å². The molecular formula is C20H24FN3OS. The molecule has 4 rings (SSSR count). The summed E-state index contributed by atoms with van der Waals surface area (Å²) in [4.78, 5) is 20.4. The van der Waals surface area contributed by atoms with Gasteiger partial charge in [-0.25, -0.2) is 4.39 Å². The van der Waals surface area contributed by atoms with Gasteiger partial charge in [-0.05, 0) is 43.0 Å². The molecule has 0 spiro atoms. The quantitative estimate of drug-likeness (QED) is 0.822. The number of nitrogens with zero attached hydrogens (tertiary/aromatic N) is 3. The molecule has 0 radical (unpaired) electrons. The number of piperazine rings is 1. The van der Waals surface area contributed by atoms with E-state index in [9.17, 15) is 9.18 Å². The second-order valence-electron chi connectivity index (χ2n) is 6.96. The standard InChI is InChI=1S/C20H24FN3OS/c21-16-5-1-2-6-17(16)22-10-12-23(13-11-22)20(25)15-24-9-3-7-18(24)19-8-4-14-26-19/h1-2,4-6,8,14,18H,3,7,9-13,15H2/t18-/m0/s1. The summed E-state index contributed by atoms with van der Waals surface area (Å²) in [6.45, 7) is 4.16. The minimum absolute atomic E-state index is 0.192. The lowest BCUT2D eigenvalue weighted by Crippen LogP contribution is -2.51. The van der Waals surface area contributed by atoms with Crippen LogP contribution in [0, 0.1) is 5.82 Å². The van der Waals surface area contributed by atoms with Crippen LogP contribution in [0.4, 0.5) is 10.1 Å². The largest absolute Gasteiger partial charge is 0.366 e. The molecule has 2 aliphatic rings. The smallest absolute Gasteiger partial charge is 0.236 e. The predicted octanol–water partition coefficient (Wildman–Crippen LogP) is 3.37. The summed E-state index contributed by atoms with van der Waals surface area (Å²) in [7, 11) is 0. The fourth-order valence-electron chi connectivity index (χ4n) is 4.00. The van der Waals surface area contributed by atoms with Gasteiger partial charge in [0.05, 0.1) is 12.2 Å². The Balaban J connectivity index is 1.33. The third-order valence-corrected chi connectivity index (χ3v) is 6.37. The van der Waals surface area contributed by atoms with Gasteiger partial charge in [0.15, 0.2) is 0 Å². The first kappa shape index (κ1) is 17.5. The van der Waals surface area contributed by atoms with Gasteiger partial charge in [-0.15, -0.1) is 11.3 Å². The molecule has 2 aliphatic heterocycles. The fraction of sp³-hybridized carbons (Fsp3) is 0.450. The number of carbonyl (C=O) groups is 1. The lowest BCUT2D eigenvalue weighted by atomic mass is 10.2. The molecule has 0 N–H and O–H groups in total. The number of halogens is 1. The number of amides is 1. The highest BCUT2D eigenvalue weighted by atomic mass is 32.1. The van der Waals surface area contributed by atoms with Crippen molar-refractivity contribution >= 4 is 22.9 Å². The molecule has 1 amide bonds. The summed E-state index contributed by atoms with van der Waals surface area (Å²) in [5, 5.41) is 2.11. The van der Waals surface area contributed by atoms with E-state index >= 15 is 0 Å². The van der Waals surface area contributed by atoms with Crippen LogP contribution in [-0.4, -0.2) is 55.0 Å². The number of hydrogen-bond donors (Lipinski definition) is 0. The van der Waals surface area contributed by atoms with Crippen molar-refractivity contribution in [3.63, 3.8) is 0 Å². The monoisotopic (exact) mass is 373 g/mol. The molecule has 4 nitrogen and oxygen atoms in total. The Morgan fingerprint density at radius 3 is 2.62 bits per heavy atom. The Kier molecular flexibility index (Phi) is 5.22. The number of anilines is 1. The Labute approximate surface area is 157 Å². The number of benzene rings is 1. The summed E-state index contributed by atoms with van der Waals surface area (Å²) in [6, 6.07) is 11.5. The first-order valence-corrected chi connectivity index (χ1v) is 10.1. The van der Waals surface area contributed by atoms with Crippen LogP contribution >= 0.6 is 11.3 Å². The van der Waals surface area contributed by atoms with Crippen LogP contribution in [0.3, 0.4) is 0 Å². The van der Waals surface area contributed by atoms with Crippen LogP contribution in [0.5, 0.6) is 0 Å².